The minimum Gasteiger partial charge on any atom is -0.138 e. The maximum absolute atomic E-state index is 3.30. The molecule has 0 N–H and O–H groups in total. The van der Waals surface area contributed by atoms with E-state index in [2.05, 4.69) is 90.3 Å². The van der Waals surface area contributed by atoms with Crippen LogP contribution >= 0.6 is 11.3 Å². The van der Waals surface area contributed by atoms with Gasteiger partial charge in [-0.1, -0.05) is 78.9 Å². The molecule has 1 radical (unpaired) electrons. The molecule has 0 nitrogen and oxygen atoms in total. The van der Waals surface area contributed by atoms with Crippen molar-refractivity contribution in [3.05, 3.63) is 118 Å². The zero-order chi connectivity index (χ0) is 16.0. The maximum Gasteiger partial charge on any atom is 0.0807 e. The van der Waals surface area contributed by atoms with Gasteiger partial charge < -0.3 is 0 Å². The van der Waals surface area contributed by atoms with Crippen LogP contribution in [-0.4, -0.2) is 0 Å². The minimum absolute atomic E-state index is 0.237. The average molecular weight is 323 g/mol. The summed E-state index contributed by atoms with van der Waals surface area (Å²) in [6.45, 7) is 0. The SMILES string of the molecule is [c]1ccc(C2(c3ccccc3)c3ccccc3-c3ccccc32)s1. The van der Waals surface area contributed by atoms with E-state index in [-0.39, 0.29) is 5.41 Å². The zero-order valence-corrected chi connectivity index (χ0v) is 13.9. The van der Waals surface area contributed by atoms with E-state index in [0.717, 1.165) is 0 Å². The van der Waals surface area contributed by atoms with Crippen molar-refractivity contribution in [1.82, 2.24) is 0 Å². The van der Waals surface area contributed by atoms with Crippen LogP contribution < -0.4 is 0 Å². The lowest BCUT2D eigenvalue weighted by molar-refractivity contribution is 0.787. The van der Waals surface area contributed by atoms with E-state index in [4.69, 9.17) is 0 Å². The van der Waals surface area contributed by atoms with Gasteiger partial charge in [0.25, 0.3) is 0 Å². The summed E-state index contributed by atoms with van der Waals surface area (Å²) in [6, 6.07) is 32.7. The van der Waals surface area contributed by atoms with Gasteiger partial charge in [-0.3, -0.25) is 0 Å². The Hall–Kier alpha value is -2.64. The number of fused-ring (bicyclic) bond motifs is 3. The van der Waals surface area contributed by atoms with E-state index in [1.54, 1.807) is 11.3 Å². The van der Waals surface area contributed by atoms with Crippen LogP contribution in [0, 0.1) is 5.38 Å². The van der Waals surface area contributed by atoms with Crippen molar-refractivity contribution in [2.75, 3.05) is 0 Å². The Morgan fingerprint density at radius 2 is 1.21 bits per heavy atom. The Morgan fingerprint density at radius 3 is 1.79 bits per heavy atom. The van der Waals surface area contributed by atoms with Crippen LogP contribution in [0.1, 0.15) is 21.6 Å². The van der Waals surface area contributed by atoms with Gasteiger partial charge in [-0.25, -0.2) is 0 Å². The first-order valence-electron chi connectivity index (χ1n) is 8.13. The lowest BCUT2D eigenvalue weighted by Crippen LogP contribution is -2.27. The highest BCUT2D eigenvalue weighted by atomic mass is 32.1. The van der Waals surface area contributed by atoms with E-state index in [0.29, 0.717) is 0 Å². The molecule has 0 atom stereocenters. The number of benzene rings is 3. The summed E-state index contributed by atoms with van der Waals surface area (Å²) in [6.07, 6.45) is 0. The molecule has 1 heterocycles. The second-order valence-electron chi connectivity index (χ2n) is 6.12. The van der Waals surface area contributed by atoms with Crippen molar-refractivity contribution in [1.29, 1.82) is 0 Å². The minimum atomic E-state index is -0.237. The van der Waals surface area contributed by atoms with Crippen molar-refractivity contribution in [3.8, 4) is 11.1 Å². The third-order valence-corrected chi connectivity index (χ3v) is 5.92. The molecule has 3 aromatic carbocycles. The van der Waals surface area contributed by atoms with Gasteiger partial charge in [0, 0.05) is 10.3 Å². The van der Waals surface area contributed by atoms with Crippen LogP contribution in [0.3, 0.4) is 0 Å². The third-order valence-electron chi connectivity index (χ3n) is 5.00. The third kappa shape index (κ3) is 1.68. The second-order valence-corrected chi connectivity index (χ2v) is 7.00. The molecule has 5 rings (SSSR count). The average Bonchev–Trinajstić information content (AvgIpc) is 3.28. The maximum atomic E-state index is 3.30. The molecular formula is C23H15S. The largest absolute Gasteiger partial charge is 0.138 e. The highest BCUT2D eigenvalue weighted by molar-refractivity contribution is 7.09. The van der Waals surface area contributed by atoms with Crippen LogP contribution in [0.2, 0.25) is 0 Å². The molecule has 1 aliphatic carbocycles. The Kier molecular flexibility index (Phi) is 2.97. The fourth-order valence-electron chi connectivity index (χ4n) is 4.08. The molecule has 0 saturated carbocycles. The fraction of sp³-hybridized carbons (Fsp3) is 0.0435. The van der Waals surface area contributed by atoms with Crippen molar-refractivity contribution in [2.45, 2.75) is 5.41 Å². The molecule has 0 unspecified atom stereocenters. The molecule has 113 valence electrons. The van der Waals surface area contributed by atoms with E-state index in [1.165, 1.54) is 32.7 Å². The molecule has 0 saturated heterocycles. The summed E-state index contributed by atoms with van der Waals surface area (Å²) in [5, 5.41) is 3.30. The molecule has 0 amide bonds. The fourth-order valence-corrected chi connectivity index (χ4v) is 4.97. The molecule has 1 aromatic heterocycles. The van der Waals surface area contributed by atoms with Gasteiger partial charge in [-0.05, 0) is 39.9 Å². The quantitative estimate of drug-likeness (QED) is 0.379. The second kappa shape index (κ2) is 5.19. The first kappa shape index (κ1) is 13.8. The van der Waals surface area contributed by atoms with Gasteiger partial charge in [0.05, 0.1) is 5.41 Å². The molecule has 24 heavy (non-hydrogen) atoms. The van der Waals surface area contributed by atoms with Gasteiger partial charge in [0.15, 0.2) is 0 Å². The Balaban J connectivity index is 1.98. The normalized spacial score (nSPS) is 14.2. The molecule has 4 aromatic rings. The predicted molar refractivity (Wildman–Crippen MR) is 100 cm³/mol. The number of thiophene rings is 1. The summed E-state index contributed by atoms with van der Waals surface area (Å²) in [4.78, 5) is 1.33. The van der Waals surface area contributed by atoms with Crippen LogP contribution in [0.25, 0.3) is 11.1 Å². The molecule has 0 aliphatic heterocycles. The Morgan fingerprint density at radius 1 is 0.625 bits per heavy atom. The van der Waals surface area contributed by atoms with Crippen LogP contribution in [0.4, 0.5) is 0 Å². The van der Waals surface area contributed by atoms with Crippen LogP contribution in [0.15, 0.2) is 91.0 Å². The number of hydrogen-bond donors (Lipinski definition) is 0. The number of hydrogen-bond acceptors (Lipinski definition) is 1. The van der Waals surface area contributed by atoms with Crippen LogP contribution in [-0.2, 0) is 5.41 Å². The summed E-state index contributed by atoms with van der Waals surface area (Å²) in [7, 11) is 0. The van der Waals surface area contributed by atoms with E-state index in [1.807, 2.05) is 6.07 Å². The van der Waals surface area contributed by atoms with Crippen molar-refractivity contribution in [2.24, 2.45) is 0 Å². The number of rotatable bonds is 2. The van der Waals surface area contributed by atoms with Gasteiger partial charge in [-0.15, -0.1) is 11.3 Å². The molecule has 0 bridgehead atoms. The molecule has 0 spiro atoms. The summed E-state index contributed by atoms with van der Waals surface area (Å²) in [5.74, 6) is 0. The summed E-state index contributed by atoms with van der Waals surface area (Å²) >= 11 is 1.72. The van der Waals surface area contributed by atoms with Gasteiger partial charge in [0.2, 0.25) is 0 Å². The zero-order valence-electron chi connectivity index (χ0n) is 13.1. The first-order chi connectivity index (χ1) is 11.9. The molecular weight excluding hydrogens is 308 g/mol. The topological polar surface area (TPSA) is 0 Å². The van der Waals surface area contributed by atoms with E-state index >= 15 is 0 Å². The highest BCUT2D eigenvalue weighted by Gasteiger charge is 2.46. The van der Waals surface area contributed by atoms with Gasteiger partial charge >= 0.3 is 0 Å². The predicted octanol–water partition coefficient (Wildman–Crippen LogP) is 5.91. The molecule has 1 aliphatic rings. The lowest BCUT2D eigenvalue weighted by Gasteiger charge is -2.32. The van der Waals surface area contributed by atoms with Crippen molar-refractivity contribution in [3.63, 3.8) is 0 Å². The van der Waals surface area contributed by atoms with E-state index in [9.17, 15) is 0 Å². The molecule has 0 fully saturated rings. The summed E-state index contributed by atoms with van der Waals surface area (Å²) < 4.78 is 0. The summed E-state index contributed by atoms with van der Waals surface area (Å²) in [5.41, 5.74) is 6.49. The molecule has 1 heteroatoms. The van der Waals surface area contributed by atoms with Crippen LogP contribution in [0.5, 0.6) is 0 Å². The Labute approximate surface area is 146 Å². The van der Waals surface area contributed by atoms with Gasteiger partial charge in [-0.2, -0.15) is 0 Å². The highest BCUT2D eigenvalue weighted by Crippen LogP contribution is 2.56. The standard InChI is InChI=1S/C23H15S/c1-2-9-17(10-3-1)23(22-15-8-16-24-22)20-13-6-4-11-18(20)19-12-5-7-14-21(19)23/h1-15H. The van der Waals surface area contributed by atoms with Crippen molar-refractivity contribution >= 4 is 11.3 Å². The monoisotopic (exact) mass is 323 g/mol. The Bertz CT molecular complexity index is 952. The first-order valence-corrected chi connectivity index (χ1v) is 8.95. The van der Waals surface area contributed by atoms with E-state index < -0.39 is 0 Å². The van der Waals surface area contributed by atoms with Crippen molar-refractivity contribution < 1.29 is 0 Å². The lowest BCUT2D eigenvalue weighted by atomic mass is 9.71. The van der Waals surface area contributed by atoms with Gasteiger partial charge in [0.1, 0.15) is 0 Å². The smallest absolute Gasteiger partial charge is 0.0807 e.